The Labute approximate surface area is 165 Å². The Hall–Kier alpha value is -0.900. The van der Waals surface area contributed by atoms with Gasteiger partial charge in [0.25, 0.3) is 0 Å². The number of piperazine rings is 1. The fourth-order valence-corrected chi connectivity index (χ4v) is 4.82. The van der Waals surface area contributed by atoms with Crippen molar-refractivity contribution in [1.82, 2.24) is 19.4 Å². The average Bonchev–Trinajstić information content (AvgIpc) is 2.66. The highest BCUT2D eigenvalue weighted by Gasteiger charge is 2.28. The van der Waals surface area contributed by atoms with E-state index >= 15 is 0 Å². The molecule has 0 aromatic rings. The molecule has 8 nitrogen and oxygen atoms in total. The van der Waals surface area contributed by atoms with Gasteiger partial charge in [-0.1, -0.05) is 6.42 Å². The minimum absolute atomic E-state index is 0.0496. The average molecular weight is 404 g/mol. The van der Waals surface area contributed by atoms with Crippen LogP contribution in [-0.2, 0) is 14.8 Å². The van der Waals surface area contributed by atoms with Crippen LogP contribution in [-0.4, -0.2) is 106 Å². The summed E-state index contributed by atoms with van der Waals surface area (Å²) in [5.41, 5.74) is 0. The monoisotopic (exact) mass is 403 g/mol. The van der Waals surface area contributed by atoms with E-state index in [0.29, 0.717) is 26.2 Å². The molecular formula is C18H37N5O3S. The zero-order valence-electron chi connectivity index (χ0n) is 17.2. The fraction of sp³-hybridized carbons (Fsp3) is 0.944. The Kier molecular flexibility index (Phi) is 9.28. The lowest BCUT2D eigenvalue weighted by Gasteiger charge is -2.36. The molecule has 0 aliphatic carbocycles. The first-order chi connectivity index (χ1) is 12.9. The van der Waals surface area contributed by atoms with Crippen molar-refractivity contribution in [3.63, 3.8) is 0 Å². The fourth-order valence-electron chi connectivity index (χ4n) is 3.54. The van der Waals surface area contributed by atoms with Crippen molar-refractivity contribution in [3.8, 4) is 0 Å². The normalized spacial score (nSPS) is 21.0. The van der Waals surface area contributed by atoms with Gasteiger partial charge >= 0.3 is 0 Å². The summed E-state index contributed by atoms with van der Waals surface area (Å²) >= 11 is 0. The van der Waals surface area contributed by atoms with E-state index in [1.807, 2.05) is 13.8 Å². The minimum Gasteiger partial charge on any atom is -0.378 e. The summed E-state index contributed by atoms with van der Waals surface area (Å²) in [6.45, 7) is 10.7. The summed E-state index contributed by atoms with van der Waals surface area (Å²) < 4.78 is 31.8. The van der Waals surface area contributed by atoms with Crippen molar-refractivity contribution >= 4 is 16.0 Å². The van der Waals surface area contributed by atoms with Crippen LogP contribution < -0.4 is 5.32 Å². The number of piperidine rings is 1. The van der Waals surface area contributed by atoms with Crippen LogP contribution in [0.25, 0.3) is 0 Å². The number of likely N-dealkylation sites (tertiary alicyclic amines) is 1. The van der Waals surface area contributed by atoms with E-state index < -0.39 is 10.0 Å². The number of hydrogen-bond acceptors (Lipinski definition) is 5. The van der Waals surface area contributed by atoms with E-state index in [4.69, 9.17) is 4.74 Å². The predicted octanol–water partition coefficient (Wildman–Crippen LogP) is 0.420. The molecule has 0 atom stereocenters. The second-order valence-corrected chi connectivity index (χ2v) is 9.59. The number of aliphatic imine (C=N–C) groups is 1. The molecule has 2 fully saturated rings. The Morgan fingerprint density at radius 3 is 2.33 bits per heavy atom. The molecule has 0 aromatic carbocycles. The van der Waals surface area contributed by atoms with Gasteiger partial charge in [-0.2, -0.15) is 4.31 Å². The van der Waals surface area contributed by atoms with Crippen molar-refractivity contribution in [1.29, 1.82) is 0 Å². The number of nitrogens with one attached hydrogen (secondary N) is 1. The van der Waals surface area contributed by atoms with Crippen LogP contribution in [0.3, 0.4) is 0 Å². The highest BCUT2D eigenvalue weighted by Crippen LogP contribution is 2.10. The van der Waals surface area contributed by atoms with Gasteiger partial charge in [0.1, 0.15) is 0 Å². The van der Waals surface area contributed by atoms with E-state index in [0.717, 1.165) is 19.0 Å². The van der Waals surface area contributed by atoms with Gasteiger partial charge in [-0.05, 0) is 39.8 Å². The van der Waals surface area contributed by atoms with Crippen molar-refractivity contribution < 1.29 is 13.2 Å². The van der Waals surface area contributed by atoms with Gasteiger partial charge in [0.05, 0.1) is 18.5 Å². The van der Waals surface area contributed by atoms with E-state index in [9.17, 15) is 8.42 Å². The topological polar surface area (TPSA) is 77.5 Å². The summed E-state index contributed by atoms with van der Waals surface area (Å²) in [6, 6.07) is 0. The first-order valence-corrected chi connectivity index (χ1v) is 11.8. The molecule has 0 aromatic heterocycles. The molecule has 0 spiro atoms. The number of ether oxygens (including phenoxy) is 1. The molecule has 0 unspecified atom stereocenters. The van der Waals surface area contributed by atoms with E-state index in [1.54, 1.807) is 11.4 Å². The Bertz CT molecular complexity index is 553. The maximum atomic E-state index is 12.4. The SMILES string of the molecule is CN=C(NCCN1CCCCC1)N1CCN(S(=O)(=O)CCOC(C)C)CC1. The van der Waals surface area contributed by atoms with Crippen LogP contribution in [0.4, 0.5) is 0 Å². The van der Waals surface area contributed by atoms with Gasteiger partial charge in [-0.3, -0.25) is 4.99 Å². The van der Waals surface area contributed by atoms with Crippen molar-refractivity contribution in [2.45, 2.75) is 39.2 Å². The molecule has 2 aliphatic rings. The number of rotatable bonds is 8. The maximum absolute atomic E-state index is 12.4. The van der Waals surface area contributed by atoms with Gasteiger partial charge in [0.15, 0.2) is 5.96 Å². The third kappa shape index (κ3) is 7.56. The van der Waals surface area contributed by atoms with Crippen LogP contribution in [0.15, 0.2) is 4.99 Å². The molecule has 2 saturated heterocycles. The lowest BCUT2D eigenvalue weighted by Crippen LogP contribution is -2.54. The third-order valence-corrected chi connectivity index (χ3v) is 6.93. The van der Waals surface area contributed by atoms with Crippen LogP contribution in [0.5, 0.6) is 0 Å². The smallest absolute Gasteiger partial charge is 0.216 e. The highest BCUT2D eigenvalue weighted by atomic mass is 32.2. The van der Waals surface area contributed by atoms with Crippen molar-refractivity contribution in [2.75, 3.05) is 71.8 Å². The van der Waals surface area contributed by atoms with Crippen LogP contribution in [0.2, 0.25) is 0 Å². The van der Waals surface area contributed by atoms with E-state index in [2.05, 4.69) is 20.1 Å². The maximum Gasteiger partial charge on any atom is 0.216 e. The third-order valence-electron chi connectivity index (χ3n) is 5.10. The Morgan fingerprint density at radius 1 is 1.07 bits per heavy atom. The lowest BCUT2D eigenvalue weighted by atomic mass is 10.1. The first-order valence-electron chi connectivity index (χ1n) is 10.2. The molecule has 2 heterocycles. The number of guanidine groups is 1. The largest absolute Gasteiger partial charge is 0.378 e. The zero-order valence-corrected chi connectivity index (χ0v) is 18.0. The van der Waals surface area contributed by atoms with Crippen LogP contribution in [0, 0.1) is 0 Å². The zero-order chi connectivity index (χ0) is 19.7. The molecule has 0 amide bonds. The van der Waals surface area contributed by atoms with Gasteiger partial charge in [-0.25, -0.2) is 8.42 Å². The summed E-state index contributed by atoms with van der Waals surface area (Å²) in [5, 5.41) is 3.43. The summed E-state index contributed by atoms with van der Waals surface area (Å²) in [7, 11) is -1.46. The van der Waals surface area contributed by atoms with Crippen molar-refractivity contribution in [3.05, 3.63) is 0 Å². The lowest BCUT2D eigenvalue weighted by molar-refractivity contribution is 0.0904. The summed E-state index contributed by atoms with van der Waals surface area (Å²) in [4.78, 5) is 9.01. The molecule has 9 heteroatoms. The quantitative estimate of drug-likeness (QED) is 0.468. The van der Waals surface area contributed by atoms with E-state index in [-0.39, 0.29) is 18.5 Å². The molecule has 2 rings (SSSR count). The highest BCUT2D eigenvalue weighted by molar-refractivity contribution is 7.89. The second-order valence-electron chi connectivity index (χ2n) is 7.50. The van der Waals surface area contributed by atoms with Crippen LogP contribution in [0.1, 0.15) is 33.1 Å². The first kappa shape index (κ1) is 22.4. The van der Waals surface area contributed by atoms with Crippen LogP contribution >= 0.6 is 0 Å². The van der Waals surface area contributed by atoms with Gasteiger partial charge < -0.3 is 19.9 Å². The van der Waals surface area contributed by atoms with Gasteiger partial charge in [0.2, 0.25) is 10.0 Å². The predicted molar refractivity (Wildman–Crippen MR) is 110 cm³/mol. The number of sulfonamides is 1. The molecule has 0 bridgehead atoms. The molecule has 158 valence electrons. The van der Waals surface area contributed by atoms with Gasteiger partial charge in [0, 0.05) is 46.3 Å². The Balaban J connectivity index is 1.72. The van der Waals surface area contributed by atoms with Crippen molar-refractivity contribution in [2.24, 2.45) is 4.99 Å². The molecule has 27 heavy (non-hydrogen) atoms. The van der Waals surface area contributed by atoms with Gasteiger partial charge in [-0.15, -0.1) is 0 Å². The second kappa shape index (κ2) is 11.2. The number of hydrogen-bond donors (Lipinski definition) is 1. The summed E-state index contributed by atoms with van der Waals surface area (Å²) in [6.07, 6.45) is 4.00. The molecule has 0 radical (unpaired) electrons. The molecule has 0 saturated carbocycles. The number of nitrogens with zero attached hydrogens (tertiary/aromatic N) is 4. The van der Waals surface area contributed by atoms with E-state index in [1.165, 1.54) is 32.4 Å². The summed E-state index contributed by atoms with van der Waals surface area (Å²) in [5.74, 6) is 0.917. The minimum atomic E-state index is -3.25. The standard InChI is InChI=1S/C18H37N5O3S/c1-17(2)26-15-16-27(24,25)23-13-11-22(12-14-23)18(19-3)20-7-10-21-8-5-4-6-9-21/h17H,4-16H2,1-3H3,(H,19,20). The molecular weight excluding hydrogens is 366 g/mol. The molecule has 2 aliphatic heterocycles. The Morgan fingerprint density at radius 2 is 1.74 bits per heavy atom. The molecule has 1 N–H and O–H groups in total.